The normalized spacial score (nSPS) is 29.0. The summed E-state index contributed by atoms with van der Waals surface area (Å²) in [7, 11) is 1.77. The number of carbonyl (C=O) groups is 1. The van der Waals surface area contributed by atoms with Gasteiger partial charge in [-0.2, -0.15) is 4.98 Å². The number of nitrogens with one attached hydrogen (secondary N) is 2. The van der Waals surface area contributed by atoms with Gasteiger partial charge in [0.2, 0.25) is 5.95 Å². The van der Waals surface area contributed by atoms with E-state index in [-0.39, 0.29) is 23.8 Å². The van der Waals surface area contributed by atoms with Gasteiger partial charge >= 0.3 is 0 Å². The lowest BCUT2D eigenvalue weighted by molar-refractivity contribution is 0.0898. The van der Waals surface area contributed by atoms with Gasteiger partial charge in [-0.05, 0) is 57.8 Å². The smallest absolute Gasteiger partial charge is 0.254 e. The third-order valence-corrected chi connectivity index (χ3v) is 5.62. The van der Waals surface area contributed by atoms with E-state index in [9.17, 15) is 9.90 Å². The third kappa shape index (κ3) is 5.52. The van der Waals surface area contributed by atoms with Crippen molar-refractivity contribution in [3.05, 3.63) is 11.8 Å². The molecule has 1 unspecified atom stereocenters. The Morgan fingerprint density at radius 2 is 1.93 bits per heavy atom. The SMILES string of the molecule is CO[C@H]1CCC[C@H](Nc2ncc(C(N)=O)c(N[C@@H]3CCCC(O)C3)n2)CC1. The van der Waals surface area contributed by atoms with E-state index in [1.54, 1.807) is 7.11 Å². The first-order chi connectivity index (χ1) is 13.0. The molecular formula is C19H31N5O3. The molecule has 5 N–H and O–H groups in total. The molecule has 2 saturated carbocycles. The van der Waals surface area contributed by atoms with Gasteiger partial charge in [-0.15, -0.1) is 0 Å². The maximum Gasteiger partial charge on any atom is 0.254 e. The number of amides is 1. The lowest BCUT2D eigenvalue weighted by atomic mass is 9.93. The number of methoxy groups -OCH3 is 1. The number of nitrogens with two attached hydrogens (primary N) is 1. The first kappa shape index (κ1) is 19.8. The molecule has 0 saturated heterocycles. The standard InChI is InChI=1S/C19H31N5O3/c1-27-15-7-3-4-12(8-9-15)23-19-21-11-16(17(20)26)18(24-19)22-13-5-2-6-14(25)10-13/h11-15,25H,2-10H2,1H3,(H2,20,26)(H2,21,22,23,24)/t12-,13+,14?,15-/m0/s1. The molecule has 1 aromatic heterocycles. The molecule has 2 fully saturated rings. The quantitative estimate of drug-likeness (QED) is 0.560. The fraction of sp³-hybridized carbons (Fsp3) is 0.737. The van der Waals surface area contributed by atoms with E-state index in [1.165, 1.54) is 6.20 Å². The Hall–Kier alpha value is -1.93. The van der Waals surface area contributed by atoms with Gasteiger partial charge in [0.25, 0.3) is 5.91 Å². The second-order valence-corrected chi connectivity index (χ2v) is 7.69. The highest BCUT2D eigenvalue weighted by atomic mass is 16.5. The predicted molar refractivity (Wildman–Crippen MR) is 104 cm³/mol. The molecule has 1 heterocycles. The first-order valence-electron chi connectivity index (χ1n) is 9.96. The second-order valence-electron chi connectivity index (χ2n) is 7.69. The highest BCUT2D eigenvalue weighted by molar-refractivity contribution is 5.97. The van der Waals surface area contributed by atoms with Crippen molar-refractivity contribution in [1.82, 2.24) is 9.97 Å². The first-order valence-corrected chi connectivity index (χ1v) is 9.96. The Labute approximate surface area is 160 Å². The summed E-state index contributed by atoms with van der Waals surface area (Å²) >= 11 is 0. The fourth-order valence-corrected chi connectivity index (χ4v) is 4.06. The van der Waals surface area contributed by atoms with Crippen molar-refractivity contribution in [1.29, 1.82) is 0 Å². The average Bonchev–Trinajstić information content (AvgIpc) is 2.87. The number of carbonyl (C=O) groups excluding carboxylic acids is 1. The number of rotatable bonds is 6. The van der Waals surface area contributed by atoms with Gasteiger partial charge in [-0.25, -0.2) is 4.98 Å². The predicted octanol–water partition coefficient (Wildman–Crippen LogP) is 2.05. The summed E-state index contributed by atoms with van der Waals surface area (Å²) in [6, 6.07) is 0.365. The largest absolute Gasteiger partial charge is 0.393 e. The number of aliphatic hydroxyl groups is 1. The van der Waals surface area contributed by atoms with E-state index >= 15 is 0 Å². The molecule has 0 bridgehead atoms. The van der Waals surface area contributed by atoms with Gasteiger partial charge in [0.1, 0.15) is 5.82 Å². The van der Waals surface area contributed by atoms with Crippen molar-refractivity contribution in [3.63, 3.8) is 0 Å². The minimum atomic E-state index is -0.558. The zero-order valence-electron chi connectivity index (χ0n) is 16.0. The zero-order chi connectivity index (χ0) is 19.2. The van der Waals surface area contributed by atoms with Crippen LogP contribution in [-0.2, 0) is 4.74 Å². The number of ether oxygens (including phenoxy) is 1. The molecule has 2 aliphatic carbocycles. The lowest BCUT2D eigenvalue weighted by Gasteiger charge is -2.27. The summed E-state index contributed by atoms with van der Waals surface area (Å²) in [5, 5.41) is 16.6. The number of anilines is 2. The van der Waals surface area contributed by atoms with Crippen LogP contribution in [0.3, 0.4) is 0 Å². The van der Waals surface area contributed by atoms with Gasteiger partial charge in [0, 0.05) is 25.4 Å². The van der Waals surface area contributed by atoms with Crippen LogP contribution >= 0.6 is 0 Å². The molecule has 0 aromatic carbocycles. The van der Waals surface area contributed by atoms with Crippen molar-refractivity contribution < 1.29 is 14.6 Å². The average molecular weight is 377 g/mol. The van der Waals surface area contributed by atoms with Crippen molar-refractivity contribution in [2.45, 2.75) is 82.1 Å². The van der Waals surface area contributed by atoms with Crippen LogP contribution in [0.15, 0.2) is 6.20 Å². The van der Waals surface area contributed by atoms with Crippen LogP contribution < -0.4 is 16.4 Å². The third-order valence-electron chi connectivity index (χ3n) is 5.62. The Bertz CT molecular complexity index is 642. The minimum Gasteiger partial charge on any atom is -0.393 e. The summed E-state index contributed by atoms with van der Waals surface area (Å²) in [5.74, 6) is 0.389. The number of primary amides is 1. The number of aliphatic hydroxyl groups excluding tert-OH is 1. The number of aromatic nitrogens is 2. The molecule has 4 atom stereocenters. The molecule has 1 amide bonds. The van der Waals surface area contributed by atoms with Gasteiger partial charge in [-0.1, -0.05) is 0 Å². The molecule has 150 valence electrons. The van der Waals surface area contributed by atoms with Gasteiger partial charge < -0.3 is 26.2 Å². The summed E-state index contributed by atoms with van der Waals surface area (Å²) in [5.41, 5.74) is 5.77. The lowest BCUT2D eigenvalue weighted by Crippen LogP contribution is -2.31. The summed E-state index contributed by atoms with van der Waals surface area (Å²) in [6.07, 6.45) is 10.1. The van der Waals surface area contributed by atoms with Crippen molar-refractivity contribution in [2.24, 2.45) is 5.73 Å². The molecule has 0 radical (unpaired) electrons. The van der Waals surface area contributed by atoms with E-state index < -0.39 is 5.91 Å². The van der Waals surface area contributed by atoms with E-state index in [0.717, 1.165) is 51.4 Å². The highest BCUT2D eigenvalue weighted by Crippen LogP contribution is 2.25. The maximum absolute atomic E-state index is 11.8. The Balaban J connectivity index is 1.70. The zero-order valence-corrected chi connectivity index (χ0v) is 16.0. The molecule has 8 nitrogen and oxygen atoms in total. The van der Waals surface area contributed by atoms with Crippen LogP contribution in [0.25, 0.3) is 0 Å². The molecule has 3 rings (SSSR count). The molecule has 2 aliphatic rings. The van der Waals surface area contributed by atoms with Crippen LogP contribution in [-0.4, -0.2) is 52.4 Å². The fourth-order valence-electron chi connectivity index (χ4n) is 4.06. The van der Waals surface area contributed by atoms with Gasteiger partial charge in [0.05, 0.1) is 17.8 Å². The Kier molecular flexibility index (Phi) is 6.84. The van der Waals surface area contributed by atoms with Crippen molar-refractivity contribution >= 4 is 17.7 Å². The molecular weight excluding hydrogens is 346 g/mol. The van der Waals surface area contributed by atoms with Crippen LogP contribution in [0, 0.1) is 0 Å². The van der Waals surface area contributed by atoms with Crippen LogP contribution in [0.1, 0.15) is 68.1 Å². The van der Waals surface area contributed by atoms with Gasteiger partial charge in [-0.3, -0.25) is 4.79 Å². The molecule has 27 heavy (non-hydrogen) atoms. The summed E-state index contributed by atoms with van der Waals surface area (Å²) in [4.78, 5) is 20.6. The Morgan fingerprint density at radius 3 is 2.67 bits per heavy atom. The highest BCUT2D eigenvalue weighted by Gasteiger charge is 2.23. The molecule has 1 aromatic rings. The van der Waals surface area contributed by atoms with E-state index in [1.807, 2.05) is 0 Å². The number of nitrogens with zero attached hydrogens (tertiary/aromatic N) is 2. The molecule has 8 heteroatoms. The van der Waals surface area contributed by atoms with Crippen LogP contribution in [0.4, 0.5) is 11.8 Å². The van der Waals surface area contributed by atoms with Gasteiger partial charge in [0.15, 0.2) is 0 Å². The monoisotopic (exact) mass is 377 g/mol. The summed E-state index contributed by atoms with van der Waals surface area (Å²) in [6.45, 7) is 0. The molecule has 0 aliphatic heterocycles. The second kappa shape index (κ2) is 9.32. The number of hydrogen-bond acceptors (Lipinski definition) is 7. The Morgan fingerprint density at radius 1 is 1.15 bits per heavy atom. The van der Waals surface area contributed by atoms with Crippen molar-refractivity contribution in [2.75, 3.05) is 17.7 Å². The van der Waals surface area contributed by atoms with Crippen LogP contribution in [0.5, 0.6) is 0 Å². The maximum atomic E-state index is 11.8. The van der Waals surface area contributed by atoms with E-state index in [2.05, 4.69) is 20.6 Å². The number of hydrogen-bond donors (Lipinski definition) is 4. The summed E-state index contributed by atoms with van der Waals surface area (Å²) < 4.78 is 5.48. The topological polar surface area (TPSA) is 122 Å². The molecule has 0 spiro atoms. The van der Waals surface area contributed by atoms with Crippen LogP contribution in [0.2, 0.25) is 0 Å². The van der Waals surface area contributed by atoms with E-state index in [4.69, 9.17) is 10.5 Å². The van der Waals surface area contributed by atoms with Crippen molar-refractivity contribution in [3.8, 4) is 0 Å². The minimum absolute atomic E-state index is 0.0786. The van der Waals surface area contributed by atoms with E-state index in [0.29, 0.717) is 24.3 Å².